The summed E-state index contributed by atoms with van der Waals surface area (Å²) in [6.07, 6.45) is 4.45. The molecule has 0 aliphatic carbocycles. The van der Waals surface area contributed by atoms with Gasteiger partial charge in [0, 0.05) is 31.8 Å². The van der Waals surface area contributed by atoms with Crippen molar-refractivity contribution in [2.75, 3.05) is 18.5 Å². The van der Waals surface area contributed by atoms with Crippen LogP contribution in [0.1, 0.15) is 47.6 Å². The highest BCUT2D eigenvalue weighted by Gasteiger charge is 2.23. The second-order valence-corrected chi connectivity index (χ2v) is 7.22. The summed E-state index contributed by atoms with van der Waals surface area (Å²) in [5, 5.41) is 8.09. The zero-order valence-corrected chi connectivity index (χ0v) is 16.2. The van der Waals surface area contributed by atoms with Gasteiger partial charge in [0.25, 0.3) is 5.91 Å². The molecular weight excluding hydrogens is 366 g/mol. The van der Waals surface area contributed by atoms with Crippen molar-refractivity contribution in [3.8, 4) is 0 Å². The number of carbonyl (C=O) groups excluding carboxylic acids is 1. The third-order valence-electron chi connectivity index (χ3n) is 4.92. The number of fused-ring (bicyclic) bond motifs is 1. The highest BCUT2D eigenvalue weighted by Crippen LogP contribution is 2.26. The molecule has 7 nitrogen and oxygen atoms in total. The van der Waals surface area contributed by atoms with Crippen LogP contribution < -0.4 is 5.32 Å². The molecule has 1 fully saturated rings. The molecule has 1 aliphatic heterocycles. The predicted octanol–water partition coefficient (Wildman–Crippen LogP) is 3.43. The Labute approximate surface area is 162 Å². The van der Waals surface area contributed by atoms with E-state index in [1.807, 2.05) is 26.1 Å². The van der Waals surface area contributed by atoms with Crippen LogP contribution in [-0.4, -0.2) is 38.3 Å². The molecular formula is C19H22ClN5O2. The second-order valence-electron chi connectivity index (χ2n) is 6.78. The highest BCUT2D eigenvalue weighted by atomic mass is 35.5. The number of amides is 1. The van der Waals surface area contributed by atoms with E-state index in [4.69, 9.17) is 16.3 Å². The first-order valence-electron chi connectivity index (χ1n) is 9.16. The fraction of sp³-hybridized carbons (Fsp3) is 0.421. The van der Waals surface area contributed by atoms with Gasteiger partial charge < -0.3 is 10.1 Å². The van der Waals surface area contributed by atoms with Gasteiger partial charge in [-0.15, -0.1) is 0 Å². The molecule has 27 heavy (non-hydrogen) atoms. The van der Waals surface area contributed by atoms with Gasteiger partial charge in [-0.2, -0.15) is 5.10 Å². The number of carbonyl (C=O) groups is 1. The number of aromatic nitrogens is 4. The van der Waals surface area contributed by atoms with E-state index < -0.39 is 0 Å². The molecule has 1 N–H and O–H groups in total. The van der Waals surface area contributed by atoms with Gasteiger partial charge in [0.05, 0.1) is 23.0 Å². The number of hydrogen-bond donors (Lipinski definition) is 1. The largest absolute Gasteiger partial charge is 0.381 e. The molecule has 1 aliphatic rings. The Hall–Kier alpha value is -2.38. The summed E-state index contributed by atoms with van der Waals surface area (Å²) in [5.41, 5.74) is 2.88. The first kappa shape index (κ1) is 18.0. The number of pyridine rings is 1. The van der Waals surface area contributed by atoms with Crippen LogP contribution in [0.4, 0.5) is 5.82 Å². The SMILES string of the molecule is CCc1nc2ccc(Cl)cn2c1C(=O)Nc1cc(C2CCCOC2)nn1C. The van der Waals surface area contributed by atoms with Crippen LogP contribution in [0.15, 0.2) is 24.4 Å². The van der Waals surface area contributed by atoms with Crippen molar-refractivity contribution in [3.05, 3.63) is 46.5 Å². The van der Waals surface area contributed by atoms with Gasteiger partial charge in [-0.05, 0) is 31.4 Å². The van der Waals surface area contributed by atoms with E-state index in [1.54, 1.807) is 21.3 Å². The number of imidazole rings is 1. The lowest BCUT2D eigenvalue weighted by Gasteiger charge is -2.19. The van der Waals surface area contributed by atoms with Crippen molar-refractivity contribution in [2.24, 2.45) is 7.05 Å². The van der Waals surface area contributed by atoms with Crippen molar-refractivity contribution in [3.63, 3.8) is 0 Å². The standard InChI is InChI=1S/C19H22ClN5O2/c1-3-14-18(25-10-13(20)6-7-16(25)21-14)19(26)22-17-9-15(23-24(17)2)12-5-4-8-27-11-12/h6-7,9-10,12H,3-5,8,11H2,1-2H3,(H,22,26). The third kappa shape index (κ3) is 3.44. The van der Waals surface area contributed by atoms with Crippen molar-refractivity contribution in [1.82, 2.24) is 19.2 Å². The van der Waals surface area contributed by atoms with Gasteiger partial charge in [0.2, 0.25) is 0 Å². The van der Waals surface area contributed by atoms with Crippen molar-refractivity contribution < 1.29 is 9.53 Å². The van der Waals surface area contributed by atoms with Gasteiger partial charge in [-0.25, -0.2) is 4.98 Å². The van der Waals surface area contributed by atoms with E-state index in [1.165, 1.54) is 0 Å². The molecule has 3 aromatic rings. The smallest absolute Gasteiger partial charge is 0.275 e. The number of rotatable bonds is 4. The second kappa shape index (κ2) is 7.32. The number of ether oxygens (including phenoxy) is 1. The molecule has 0 spiro atoms. The van der Waals surface area contributed by atoms with E-state index in [-0.39, 0.29) is 11.8 Å². The van der Waals surface area contributed by atoms with E-state index in [0.717, 1.165) is 30.8 Å². The lowest BCUT2D eigenvalue weighted by molar-refractivity contribution is 0.0791. The Morgan fingerprint density at radius 2 is 2.30 bits per heavy atom. The summed E-state index contributed by atoms with van der Waals surface area (Å²) >= 11 is 6.12. The molecule has 8 heteroatoms. The van der Waals surface area contributed by atoms with Crippen LogP contribution in [0, 0.1) is 0 Å². The van der Waals surface area contributed by atoms with Crippen LogP contribution in [0.25, 0.3) is 5.65 Å². The van der Waals surface area contributed by atoms with E-state index in [2.05, 4.69) is 15.4 Å². The van der Waals surface area contributed by atoms with Crippen LogP contribution >= 0.6 is 11.6 Å². The molecule has 1 amide bonds. The van der Waals surface area contributed by atoms with Crippen LogP contribution in [0.3, 0.4) is 0 Å². The van der Waals surface area contributed by atoms with Crippen molar-refractivity contribution in [2.45, 2.75) is 32.1 Å². The third-order valence-corrected chi connectivity index (χ3v) is 5.15. The molecule has 142 valence electrons. The number of aryl methyl sites for hydroxylation is 2. The quantitative estimate of drug-likeness (QED) is 0.744. The first-order chi connectivity index (χ1) is 13.1. The minimum Gasteiger partial charge on any atom is -0.381 e. The van der Waals surface area contributed by atoms with Gasteiger partial charge >= 0.3 is 0 Å². The fourth-order valence-electron chi connectivity index (χ4n) is 3.51. The van der Waals surface area contributed by atoms with Crippen molar-refractivity contribution in [1.29, 1.82) is 0 Å². The van der Waals surface area contributed by atoms with Crippen molar-refractivity contribution >= 4 is 29.0 Å². The highest BCUT2D eigenvalue weighted by molar-refractivity contribution is 6.30. The Bertz CT molecular complexity index is 988. The number of halogens is 1. The Kier molecular flexibility index (Phi) is 4.88. The first-order valence-corrected chi connectivity index (χ1v) is 9.54. The fourth-order valence-corrected chi connectivity index (χ4v) is 3.67. The van der Waals surface area contributed by atoms with E-state index in [0.29, 0.717) is 35.2 Å². The Morgan fingerprint density at radius 3 is 3.04 bits per heavy atom. The van der Waals surface area contributed by atoms with Crippen LogP contribution in [0.5, 0.6) is 0 Å². The topological polar surface area (TPSA) is 73.5 Å². The summed E-state index contributed by atoms with van der Waals surface area (Å²) < 4.78 is 8.99. The molecule has 0 saturated carbocycles. The average molecular weight is 388 g/mol. The molecule has 4 rings (SSSR count). The predicted molar refractivity (Wildman–Crippen MR) is 104 cm³/mol. The average Bonchev–Trinajstić information content (AvgIpc) is 3.22. The molecule has 1 unspecified atom stereocenters. The Balaban J connectivity index is 1.64. The zero-order chi connectivity index (χ0) is 19.0. The normalized spacial score (nSPS) is 17.4. The summed E-state index contributed by atoms with van der Waals surface area (Å²) in [7, 11) is 1.83. The molecule has 0 radical (unpaired) electrons. The lowest BCUT2D eigenvalue weighted by atomic mass is 9.99. The lowest BCUT2D eigenvalue weighted by Crippen LogP contribution is -2.18. The monoisotopic (exact) mass is 387 g/mol. The number of nitrogens with one attached hydrogen (secondary N) is 1. The summed E-state index contributed by atoms with van der Waals surface area (Å²) in [4.78, 5) is 17.6. The van der Waals surface area contributed by atoms with Gasteiger partial charge in [0.15, 0.2) is 0 Å². The molecule has 1 saturated heterocycles. The van der Waals surface area contributed by atoms with Gasteiger partial charge in [0.1, 0.15) is 17.2 Å². The van der Waals surface area contributed by atoms with Gasteiger partial charge in [-0.1, -0.05) is 18.5 Å². The maximum Gasteiger partial charge on any atom is 0.275 e. The van der Waals surface area contributed by atoms with E-state index in [9.17, 15) is 4.79 Å². The zero-order valence-electron chi connectivity index (χ0n) is 15.4. The Morgan fingerprint density at radius 1 is 1.44 bits per heavy atom. The van der Waals surface area contributed by atoms with Crippen LogP contribution in [0.2, 0.25) is 5.02 Å². The maximum absolute atomic E-state index is 13.0. The maximum atomic E-state index is 13.0. The molecule has 3 aromatic heterocycles. The summed E-state index contributed by atoms with van der Waals surface area (Å²) in [6.45, 7) is 3.46. The molecule has 0 bridgehead atoms. The minimum absolute atomic E-state index is 0.226. The van der Waals surface area contributed by atoms with Crippen LogP contribution in [-0.2, 0) is 18.2 Å². The summed E-state index contributed by atoms with van der Waals surface area (Å²) in [5.74, 6) is 0.701. The number of anilines is 1. The number of nitrogens with zero attached hydrogens (tertiary/aromatic N) is 4. The van der Waals surface area contributed by atoms with E-state index >= 15 is 0 Å². The molecule has 0 aromatic carbocycles. The van der Waals surface area contributed by atoms with Gasteiger partial charge in [-0.3, -0.25) is 13.9 Å². The molecule has 1 atom stereocenters. The minimum atomic E-state index is -0.226. The number of hydrogen-bond acceptors (Lipinski definition) is 4. The summed E-state index contributed by atoms with van der Waals surface area (Å²) in [6, 6.07) is 5.51. The molecule has 4 heterocycles.